The third-order valence-corrected chi connectivity index (χ3v) is 9.01. The normalized spacial score (nSPS) is 11.1. The molecule has 0 aliphatic rings. The molecule has 212 valence electrons. The summed E-state index contributed by atoms with van der Waals surface area (Å²) in [5.41, 5.74) is 11.7. The van der Waals surface area contributed by atoms with Crippen molar-refractivity contribution in [2.24, 2.45) is 0 Å². The Morgan fingerprint density at radius 1 is 0.333 bits per heavy atom. The van der Waals surface area contributed by atoms with Crippen LogP contribution < -0.4 is 0 Å². The number of hydrogen-bond acceptors (Lipinski definition) is 4. The zero-order chi connectivity index (χ0) is 30.0. The third kappa shape index (κ3) is 5.55. The van der Waals surface area contributed by atoms with Gasteiger partial charge in [-0.05, 0) is 46.5 Å². The van der Waals surface area contributed by atoms with Crippen LogP contribution in [0.15, 0.2) is 164 Å². The van der Waals surface area contributed by atoms with Gasteiger partial charge in [-0.15, -0.1) is 11.3 Å². The second kappa shape index (κ2) is 11.8. The Morgan fingerprint density at radius 2 is 0.844 bits per heavy atom. The summed E-state index contributed by atoms with van der Waals surface area (Å²) in [6.07, 6.45) is 0. The monoisotopic (exact) mass is 593 g/mol. The summed E-state index contributed by atoms with van der Waals surface area (Å²) < 4.78 is 1.17. The smallest absolute Gasteiger partial charge is 0.160 e. The molecule has 0 unspecified atom stereocenters. The quantitative estimate of drug-likeness (QED) is 0.192. The lowest BCUT2D eigenvalue weighted by atomic mass is 10.00. The number of thiazole rings is 1. The Bertz CT molecular complexity index is 2240. The maximum Gasteiger partial charge on any atom is 0.160 e. The maximum atomic E-state index is 5.10. The molecule has 0 aliphatic heterocycles. The first kappa shape index (κ1) is 26.9. The molecule has 0 atom stereocenters. The van der Waals surface area contributed by atoms with Gasteiger partial charge in [0.1, 0.15) is 5.01 Å². The number of benzene rings is 6. The highest BCUT2D eigenvalue weighted by Gasteiger charge is 2.13. The predicted molar refractivity (Wildman–Crippen MR) is 188 cm³/mol. The van der Waals surface area contributed by atoms with Crippen LogP contribution in [0.5, 0.6) is 0 Å². The van der Waals surface area contributed by atoms with Gasteiger partial charge in [0, 0.05) is 22.3 Å². The molecule has 0 bridgehead atoms. The topological polar surface area (TPSA) is 38.7 Å². The Hall–Kier alpha value is -5.71. The predicted octanol–water partition coefficient (Wildman–Crippen LogP) is 11.1. The lowest BCUT2D eigenvalue weighted by Crippen LogP contribution is -1.96. The van der Waals surface area contributed by atoms with Crippen molar-refractivity contribution in [2.45, 2.75) is 0 Å². The lowest BCUT2D eigenvalue weighted by Gasteiger charge is -2.11. The highest BCUT2D eigenvalue weighted by atomic mass is 32.1. The molecule has 8 aromatic rings. The summed E-state index contributed by atoms with van der Waals surface area (Å²) in [6, 6.07) is 56.8. The van der Waals surface area contributed by atoms with E-state index in [4.69, 9.17) is 15.0 Å². The number of nitrogens with zero attached hydrogens (tertiary/aromatic N) is 3. The van der Waals surface area contributed by atoms with Crippen LogP contribution in [0.25, 0.3) is 76.9 Å². The van der Waals surface area contributed by atoms with Crippen molar-refractivity contribution in [1.82, 2.24) is 15.0 Å². The number of rotatable bonds is 6. The fourth-order valence-corrected chi connectivity index (χ4v) is 6.60. The van der Waals surface area contributed by atoms with Crippen LogP contribution in [0, 0.1) is 0 Å². The first-order chi connectivity index (χ1) is 22.3. The Balaban J connectivity index is 1.18. The molecule has 6 aromatic carbocycles. The Labute approximate surface area is 266 Å². The molecule has 0 fully saturated rings. The van der Waals surface area contributed by atoms with Crippen molar-refractivity contribution < 1.29 is 0 Å². The highest BCUT2D eigenvalue weighted by molar-refractivity contribution is 7.21. The van der Waals surface area contributed by atoms with E-state index < -0.39 is 0 Å². The minimum absolute atomic E-state index is 0.705. The second-order valence-electron chi connectivity index (χ2n) is 10.9. The van der Waals surface area contributed by atoms with Gasteiger partial charge in [0.2, 0.25) is 0 Å². The van der Waals surface area contributed by atoms with E-state index >= 15 is 0 Å². The van der Waals surface area contributed by atoms with Crippen LogP contribution in [-0.4, -0.2) is 15.0 Å². The summed E-state index contributed by atoms with van der Waals surface area (Å²) >= 11 is 1.73. The van der Waals surface area contributed by atoms with E-state index in [1.807, 2.05) is 30.3 Å². The van der Waals surface area contributed by atoms with Gasteiger partial charge in [-0.1, -0.05) is 140 Å². The Kier molecular flexibility index (Phi) is 7.02. The van der Waals surface area contributed by atoms with Gasteiger partial charge in [-0.2, -0.15) is 0 Å². The van der Waals surface area contributed by atoms with Gasteiger partial charge in [0.25, 0.3) is 0 Å². The average molecular weight is 594 g/mol. The van der Waals surface area contributed by atoms with Gasteiger partial charge >= 0.3 is 0 Å². The van der Waals surface area contributed by atoms with Crippen molar-refractivity contribution in [3.63, 3.8) is 0 Å². The minimum atomic E-state index is 0.705. The first-order valence-electron chi connectivity index (χ1n) is 14.9. The number of fused-ring (bicyclic) bond motifs is 1. The second-order valence-corrected chi connectivity index (χ2v) is 12.0. The van der Waals surface area contributed by atoms with Crippen molar-refractivity contribution >= 4 is 21.6 Å². The van der Waals surface area contributed by atoms with Crippen molar-refractivity contribution in [1.29, 1.82) is 0 Å². The zero-order valence-electron chi connectivity index (χ0n) is 24.3. The molecule has 0 N–H and O–H groups in total. The number of hydrogen-bond donors (Lipinski definition) is 0. The fraction of sp³-hybridized carbons (Fsp3) is 0. The average Bonchev–Trinajstić information content (AvgIpc) is 3.57. The standard InChI is InChI=1S/C41H27N3S/c1-4-11-28(12-5-1)29-19-21-31(22-20-29)40-42-37(30-13-6-2-7-14-30)27-38(43-40)35-18-10-17-33(25-35)34-23-24-36-39(26-34)45-41(44-36)32-15-8-3-9-16-32/h1-27H. The molecule has 2 heterocycles. The SMILES string of the molecule is c1ccc(-c2ccc(-c3nc(-c4ccccc4)cc(-c4cccc(-c5ccc6nc(-c7ccccc7)sc6c5)c4)n3)cc2)cc1. The first-order valence-corrected chi connectivity index (χ1v) is 15.8. The van der Waals surface area contributed by atoms with E-state index in [1.54, 1.807) is 11.3 Å². The van der Waals surface area contributed by atoms with Gasteiger partial charge in [0.15, 0.2) is 5.82 Å². The van der Waals surface area contributed by atoms with Crippen LogP contribution in [-0.2, 0) is 0 Å². The maximum absolute atomic E-state index is 5.10. The van der Waals surface area contributed by atoms with E-state index in [-0.39, 0.29) is 0 Å². The van der Waals surface area contributed by atoms with Crippen molar-refractivity contribution in [3.8, 4) is 66.7 Å². The summed E-state index contributed by atoms with van der Waals surface area (Å²) in [6.45, 7) is 0. The van der Waals surface area contributed by atoms with Gasteiger partial charge < -0.3 is 0 Å². The van der Waals surface area contributed by atoms with E-state index in [1.165, 1.54) is 15.8 Å². The molecular formula is C41H27N3S. The molecule has 0 aliphatic carbocycles. The summed E-state index contributed by atoms with van der Waals surface area (Å²) in [5, 5.41) is 1.04. The molecule has 3 nitrogen and oxygen atoms in total. The van der Waals surface area contributed by atoms with Crippen LogP contribution in [0.1, 0.15) is 0 Å². The van der Waals surface area contributed by atoms with E-state index in [0.717, 1.165) is 55.3 Å². The summed E-state index contributed by atoms with van der Waals surface area (Å²) in [7, 11) is 0. The highest BCUT2D eigenvalue weighted by Crippen LogP contribution is 2.35. The third-order valence-electron chi connectivity index (χ3n) is 7.95. The Morgan fingerprint density at radius 3 is 1.56 bits per heavy atom. The van der Waals surface area contributed by atoms with Gasteiger partial charge in [-0.25, -0.2) is 15.0 Å². The minimum Gasteiger partial charge on any atom is -0.236 e. The molecule has 0 saturated carbocycles. The summed E-state index contributed by atoms with van der Waals surface area (Å²) in [4.78, 5) is 15.0. The van der Waals surface area contributed by atoms with Crippen LogP contribution >= 0.6 is 11.3 Å². The van der Waals surface area contributed by atoms with E-state index in [9.17, 15) is 0 Å². The molecule has 0 radical (unpaired) electrons. The largest absolute Gasteiger partial charge is 0.236 e. The molecule has 0 amide bonds. The number of aromatic nitrogens is 3. The van der Waals surface area contributed by atoms with Gasteiger partial charge in [-0.3, -0.25) is 0 Å². The van der Waals surface area contributed by atoms with Crippen molar-refractivity contribution in [2.75, 3.05) is 0 Å². The lowest BCUT2D eigenvalue weighted by molar-refractivity contribution is 1.18. The molecule has 45 heavy (non-hydrogen) atoms. The summed E-state index contributed by atoms with van der Waals surface area (Å²) in [5.74, 6) is 0.705. The van der Waals surface area contributed by atoms with Crippen LogP contribution in [0.3, 0.4) is 0 Å². The molecule has 0 spiro atoms. The zero-order valence-corrected chi connectivity index (χ0v) is 25.2. The van der Waals surface area contributed by atoms with Crippen LogP contribution in [0.4, 0.5) is 0 Å². The van der Waals surface area contributed by atoms with Crippen LogP contribution in [0.2, 0.25) is 0 Å². The van der Waals surface area contributed by atoms with E-state index in [2.05, 4.69) is 133 Å². The van der Waals surface area contributed by atoms with Gasteiger partial charge in [0.05, 0.1) is 21.6 Å². The molecular weight excluding hydrogens is 567 g/mol. The molecule has 8 rings (SSSR count). The molecule has 4 heteroatoms. The van der Waals surface area contributed by atoms with Crippen molar-refractivity contribution in [3.05, 3.63) is 164 Å². The molecule has 2 aromatic heterocycles. The fourth-order valence-electron chi connectivity index (χ4n) is 5.59. The van der Waals surface area contributed by atoms with E-state index in [0.29, 0.717) is 5.82 Å². The molecule has 0 saturated heterocycles.